The average molecular weight is 339 g/mol. The van der Waals surface area contributed by atoms with Crippen LogP contribution in [-0.4, -0.2) is 41.8 Å². The highest BCUT2D eigenvalue weighted by molar-refractivity contribution is 5.98. The molecule has 2 aromatic rings. The molecule has 0 saturated carbocycles. The Hall–Kier alpha value is -3.35. The molecule has 7 nitrogen and oxygen atoms in total. The van der Waals surface area contributed by atoms with E-state index in [1.54, 1.807) is 24.3 Å². The summed E-state index contributed by atoms with van der Waals surface area (Å²) >= 11 is 0. The molecule has 3 N–H and O–H groups in total. The summed E-state index contributed by atoms with van der Waals surface area (Å²) < 4.78 is 5.65. The number of benzene rings is 2. The number of para-hydroxylation sites is 1. The number of nitrogens with one attached hydrogen (secondary N) is 1. The molecule has 128 valence electrons. The number of amides is 3. The van der Waals surface area contributed by atoms with Gasteiger partial charge in [-0.15, -0.1) is 0 Å². The lowest BCUT2D eigenvalue weighted by Gasteiger charge is -2.08. The minimum atomic E-state index is -0.543. The van der Waals surface area contributed by atoms with Crippen LogP contribution in [0.25, 0.3) is 0 Å². The van der Waals surface area contributed by atoms with Gasteiger partial charge in [0.25, 0.3) is 5.91 Å². The van der Waals surface area contributed by atoms with E-state index in [9.17, 15) is 14.4 Å². The van der Waals surface area contributed by atoms with Gasteiger partial charge in [-0.05, 0) is 36.4 Å². The van der Waals surface area contributed by atoms with Crippen LogP contribution in [0.1, 0.15) is 10.4 Å². The van der Waals surface area contributed by atoms with Crippen LogP contribution in [-0.2, 0) is 9.59 Å². The van der Waals surface area contributed by atoms with Crippen LogP contribution >= 0.6 is 0 Å². The lowest BCUT2D eigenvalue weighted by molar-refractivity contribution is -0.128. The number of nitrogens with two attached hydrogens (primary N) is 1. The van der Waals surface area contributed by atoms with E-state index in [-0.39, 0.29) is 18.4 Å². The monoisotopic (exact) mass is 339 g/mol. The molecule has 1 saturated heterocycles. The van der Waals surface area contributed by atoms with Crippen molar-refractivity contribution in [3.05, 3.63) is 60.2 Å². The Morgan fingerprint density at radius 1 is 1.04 bits per heavy atom. The quantitative estimate of drug-likeness (QED) is 0.764. The van der Waals surface area contributed by atoms with Gasteiger partial charge in [0.05, 0.1) is 13.1 Å². The highest BCUT2D eigenvalue weighted by Crippen LogP contribution is 2.21. The molecule has 1 unspecified atom stereocenters. The summed E-state index contributed by atoms with van der Waals surface area (Å²) in [6.07, 6.45) is 0. The van der Waals surface area contributed by atoms with Crippen LogP contribution in [0.2, 0.25) is 0 Å². The van der Waals surface area contributed by atoms with Crippen molar-refractivity contribution in [2.24, 2.45) is 5.73 Å². The molecule has 1 aliphatic rings. The summed E-state index contributed by atoms with van der Waals surface area (Å²) in [5, 5.41) is 2.53. The van der Waals surface area contributed by atoms with Gasteiger partial charge in [-0.1, -0.05) is 18.2 Å². The number of primary amides is 1. The highest BCUT2D eigenvalue weighted by atomic mass is 16.5. The molecule has 0 spiro atoms. The Balaban J connectivity index is 1.51. The van der Waals surface area contributed by atoms with Crippen molar-refractivity contribution >= 4 is 17.7 Å². The van der Waals surface area contributed by atoms with Gasteiger partial charge < -0.3 is 20.7 Å². The summed E-state index contributed by atoms with van der Waals surface area (Å²) in [4.78, 5) is 36.1. The third kappa shape index (κ3) is 4.14. The zero-order valence-corrected chi connectivity index (χ0v) is 13.3. The van der Waals surface area contributed by atoms with E-state index in [2.05, 4.69) is 5.32 Å². The van der Waals surface area contributed by atoms with Crippen LogP contribution in [0.5, 0.6) is 11.5 Å². The minimum absolute atomic E-state index is 0.176. The van der Waals surface area contributed by atoms with Crippen molar-refractivity contribution in [1.29, 1.82) is 0 Å². The molecule has 3 amide bonds. The second-order valence-electron chi connectivity index (χ2n) is 5.59. The van der Waals surface area contributed by atoms with Crippen LogP contribution < -0.4 is 15.8 Å². The second kappa shape index (κ2) is 7.04. The van der Waals surface area contributed by atoms with E-state index in [0.717, 1.165) is 0 Å². The molecule has 2 aromatic carbocycles. The molecule has 25 heavy (non-hydrogen) atoms. The standard InChI is InChI=1S/C18H17N3O4/c19-17(23)15-11-21(15)16(22)10-20-18(24)12-6-8-14(9-7-12)25-13-4-2-1-3-5-13/h1-9,15H,10-11H2,(H2,19,23)(H,20,24). The number of ether oxygens (including phenoxy) is 1. The summed E-state index contributed by atoms with van der Waals surface area (Å²) in [6.45, 7) is 0.139. The molecule has 3 rings (SSSR count). The summed E-state index contributed by atoms with van der Waals surface area (Å²) in [5.74, 6) is 0.0620. The van der Waals surface area contributed by atoms with Gasteiger partial charge in [0.1, 0.15) is 17.5 Å². The van der Waals surface area contributed by atoms with E-state index in [4.69, 9.17) is 10.5 Å². The number of rotatable bonds is 6. The molecular formula is C18H17N3O4. The number of nitrogens with zero attached hydrogens (tertiary/aromatic N) is 1. The smallest absolute Gasteiger partial charge is 0.251 e. The molecule has 0 radical (unpaired) electrons. The Bertz CT molecular complexity index is 790. The average Bonchev–Trinajstić information content (AvgIpc) is 3.42. The minimum Gasteiger partial charge on any atom is -0.457 e. The van der Waals surface area contributed by atoms with Gasteiger partial charge in [0.2, 0.25) is 11.8 Å². The molecule has 1 aliphatic heterocycles. The van der Waals surface area contributed by atoms with Gasteiger partial charge in [-0.2, -0.15) is 0 Å². The van der Waals surface area contributed by atoms with Crippen LogP contribution in [0, 0.1) is 0 Å². The predicted octanol–water partition coefficient (Wildman–Crippen LogP) is 0.905. The number of carbonyl (C=O) groups excluding carboxylic acids is 3. The van der Waals surface area contributed by atoms with Gasteiger partial charge >= 0.3 is 0 Å². The van der Waals surface area contributed by atoms with Gasteiger partial charge in [-0.25, -0.2) is 0 Å². The van der Waals surface area contributed by atoms with E-state index >= 15 is 0 Å². The summed E-state index contributed by atoms with van der Waals surface area (Å²) in [7, 11) is 0. The molecule has 1 fully saturated rings. The number of hydrogen-bond acceptors (Lipinski definition) is 4. The maximum Gasteiger partial charge on any atom is 0.251 e. The predicted molar refractivity (Wildman–Crippen MR) is 90.0 cm³/mol. The van der Waals surface area contributed by atoms with E-state index in [1.807, 2.05) is 30.3 Å². The Morgan fingerprint density at radius 3 is 2.28 bits per heavy atom. The van der Waals surface area contributed by atoms with Crippen LogP contribution in [0.4, 0.5) is 0 Å². The van der Waals surface area contributed by atoms with Crippen LogP contribution in [0.3, 0.4) is 0 Å². The molecule has 0 aromatic heterocycles. The van der Waals surface area contributed by atoms with Crippen molar-refractivity contribution < 1.29 is 19.1 Å². The van der Waals surface area contributed by atoms with Crippen molar-refractivity contribution in [2.75, 3.05) is 13.1 Å². The maximum absolute atomic E-state index is 12.1. The van der Waals surface area contributed by atoms with Gasteiger partial charge in [0, 0.05) is 5.56 Å². The molecule has 1 atom stereocenters. The van der Waals surface area contributed by atoms with E-state index < -0.39 is 11.9 Å². The molecule has 0 bridgehead atoms. The van der Waals surface area contributed by atoms with E-state index in [1.165, 1.54) is 4.90 Å². The number of carbonyl (C=O) groups is 3. The summed E-state index contributed by atoms with van der Waals surface area (Å²) in [6, 6.07) is 15.3. The summed E-state index contributed by atoms with van der Waals surface area (Å²) in [5.41, 5.74) is 5.52. The second-order valence-corrected chi connectivity index (χ2v) is 5.59. The third-order valence-corrected chi connectivity index (χ3v) is 3.76. The topological polar surface area (TPSA) is 102 Å². The zero-order valence-electron chi connectivity index (χ0n) is 13.3. The third-order valence-electron chi connectivity index (χ3n) is 3.76. The first kappa shape index (κ1) is 16.5. The van der Waals surface area contributed by atoms with Gasteiger partial charge in [-0.3, -0.25) is 14.4 Å². The zero-order chi connectivity index (χ0) is 17.8. The Labute approximate surface area is 144 Å². The molecule has 1 heterocycles. The van der Waals surface area contributed by atoms with Gasteiger partial charge in [0.15, 0.2) is 0 Å². The Morgan fingerprint density at radius 2 is 1.68 bits per heavy atom. The normalized spacial score (nSPS) is 15.4. The fourth-order valence-electron chi connectivity index (χ4n) is 2.32. The van der Waals surface area contributed by atoms with E-state index in [0.29, 0.717) is 23.6 Å². The number of hydrogen-bond donors (Lipinski definition) is 2. The fourth-order valence-corrected chi connectivity index (χ4v) is 2.32. The largest absolute Gasteiger partial charge is 0.457 e. The van der Waals surface area contributed by atoms with Crippen LogP contribution in [0.15, 0.2) is 54.6 Å². The Kier molecular flexibility index (Phi) is 4.65. The first-order valence-electron chi connectivity index (χ1n) is 7.74. The van der Waals surface area contributed by atoms with Crippen molar-refractivity contribution in [2.45, 2.75) is 6.04 Å². The maximum atomic E-state index is 12.1. The first-order valence-corrected chi connectivity index (χ1v) is 7.74. The lowest BCUT2D eigenvalue weighted by atomic mass is 10.2. The van der Waals surface area contributed by atoms with Crippen molar-refractivity contribution in [3.63, 3.8) is 0 Å². The first-order chi connectivity index (χ1) is 12.0. The SMILES string of the molecule is NC(=O)C1CN1C(=O)CNC(=O)c1ccc(Oc2ccccc2)cc1. The molecule has 0 aliphatic carbocycles. The molecule has 7 heteroatoms. The fraction of sp³-hybridized carbons (Fsp3) is 0.167. The lowest BCUT2D eigenvalue weighted by Crippen LogP contribution is -2.34. The van der Waals surface area contributed by atoms with Crippen molar-refractivity contribution in [3.8, 4) is 11.5 Å². The highest BCUT2D eigenvalue weighted by Gasteiger charge is 2.42. The molecular weight excluding hydrogens is 322 g/mol. The van der Waals surface area contributed by atoms with Crippen molar-refractivity contribution in [1.82, 2.24) is 10.2 Å².